The summed E-state index contributed by atoms with van der Waals surface area (Å²) in [6.07, 6.45) is 0.858. The van der Waals surface area contributed by atoms with Gasteiger partial charge in [-0.1, -0.05) is 18.2 Å². The largest absolute Gasteiger partial charge is 0.490 e. The molecule has 0 spiro atoms. The summed E-state index contributed by atoms with van der Waals surface area (Å²) in [6, 6.07) is 14.9. The van der Waals surface area contributed by atoms with E-state index in [0.29, 0.717) is 24.9 Å². The number of hydrogen-bond acceptors (Lipinski definition) is 4. The van der Waals surface area contributed by atoms with Crippen molar-refractivity contribution in [1.82, 2.24) is 5.32 Å². The molecule has 0 saturated carbocycles. The summed E-state index contributed by atoms with van der Waals surface area (Å²) < 4.78 is 11.3. The van der Waals surface area contributed by atoms with E-state index in [9.17, 15) is 4.79 Å². The average molecular weight is 354 g/mol. The fraction of sp³-hybridized carbons (Fsp3) is 0.263. The van der Waals surface area contributed by atoms with E-state index in [1.165, 1.54) is 0 Å². The Morgan fingerprint density at radius 3 is 2.54 bits per heavy atom. The lowest BCUT2D eigenvalue weighted by Crippen LogP contribution is -2.37. The molecule has 0 saturated heterocycles. The van der Waals surface area contributed by atoms with Gasteiger partial charge in [0.05, 0.1) is 19.8 Å². The molecular formula is C19H22N4O3. The molecule has 0 atom stereocenters. The molecule has 2 aromatic rings. The summed E-state index contributed by atoms with van der Waals surface area (Å²) in [5.41, 5.74) is 1.55. The van der Waals surface area contributed by atoms with E-state index in [2.05, 4.69) is 20.9 Å². The molecule has 3 rings (SSSR count). The Hall–Kier alpha value is -3.22. The van der Waals surface area contributed by atoms with Crippen LogP contribution in [0.4, 0.5) is 11.4 Å². The van der Waals surface area contributed by atoms with Crippen LogP contribution in [0.25, 0.3) is 0 Å². The molecule has 0 fully saturated rings. The molecule has 7 nitrogen and oxygen atoms in total. The Labute approximate surface area is 152 Å². The fourth-order valence-electron chi connectivity index (χ4n) is 2.45. The second-order valence-electron chi connectivity index (χ2n) is 5.68. The number of hydrogen-bond donors (Lipinski definition) is 3. The van der Waals surface area contributed by atoms with Gasteiger partial charge in [0, 0.05) is 30.9 Å². The Bertz CT molecular complexity index is 778. The molecule has 0 bridgehead atoms. The quantitative estimate of drug-likeness (QED) is 0.580. The number of nitrogens with zero attached hydrogens (tertiary/aromatic N) is 1. The van der Waals surface area contributed by atoms with Crippen molar-refractivity contribution in [2.45, 2.75) is 6.42 Å². The number of aliphatic imine (C=N–C) groups is 1. The van der Waals surface area contributed by atoms with Gasteiger partial charge >= 0.3 is 0 Å². The van der Waals surface area contributed by atoms with Crippen molar-refractivity contribution in [1.29, 1.82) is 0 Å². The van der Waals surface area contributed by atoms with Gasteiger partial charge in [-0.25, -0.2) is 0 Å². The lowest BCUT2D eigenvalue weighted by molar-refractivity contribution is -0.115. The topological polar surface area (TPSA) is 84.0 Å². The lowest BCUT2D eigenvalue weighted by Gasteiger charge is -2.14. The Morgan fingerprint density at radius 1 is 1.00 bits per heavy atom. The number of guanidine groups is 1. The van der Waals surface area contributed by atoms with Gasteiger partial charge < -0.3 is 25.4 Å². The number of anilines is 2. The monoisotopic (exact) mass is 354 g/mol. The average Bonchev–Trinajstić information content (AvgIpc) is 2.91. The highest BCUT2D eigenvalue weighted by atomic mass is 16.5. The number of carbonyl (C=O) groups excluding carboxylic acids is 1. The molecule has 1 amide bonds. The van der Waals surface area contributed by atoms with Crippen LogP contribution in [0.5, 0.6) is 11.5 Å². The van der Waals surface area contributed by atoms with Crippen molar-refractivity contribution in [2.75, 3.05) is 37.4 Å². The highest BCUT2D eigenvalue weighted by molar-refractivity contribution is 5.99. The number of ether oxygens (including phenoxy) is 2. The van der Waals surface area contributed by atoms with Crippen LogP contribution < -0.4 is 25.4 Å². The number of carbonyl (C=O) groups is 1. The van der Waals surface area contributed by atoms with E-state index in [1.807, 2.05) is 48.5 Å². The first-order chi connectivity index (χ1) is 12.7. The van der Waals surface area contributed by atoms with Gasteiger partial charge in [0.2, 0.25) is 5.91 Å². The Morgan fingerprint density at radius 2 is 1.77 bits per heavy atom. The van der Waals surface area contributed by atoms with Gasteiger partial charge in [0.15, 0.2) is 17.5 Å². The zero-order valence-corrected chi connectivity index (χ0v) is 14.6. The number of benzene rings is 2. The molecule has 1 aliphatic heterocycles. The van der Waals surface area contributed by atoms with Gasteiger partial charge in [0.1, 0.15) is 0 Å². The van der Waals surface area contributed by atoms with Crippen LogP contribution in [0.1, 0.15) is 6.42 Å². The zero-order chi connectivity index (χ0) is 18.2. The summed E-state index contributed by atoms with van der Waals surface area (Å²) in [4.78, 5) is 16.2. The summed E-state index contributed by atoms with van der Waals surface area (Å²) in [5.74, 6) is 1.77. The van der Waals surface area contributed by atoms with Crippen molar-refractivity contribution in [3.63, 3.8) is 0 Å². The minimum absolute atomic E-state index is 0.0963. The molecule has 1 aliphatic rings. The summed E-state index contributed by atoms with van der Waals surface area (Å²) in [5, 5.41) is 8.94. The molecule has 2 aromatic carbocycles. The first-order valence-electron chi connectivity index (χ1n) is 8.47. The number of amides is 1. The SMILES string of the molecule is CN=C(NCC(=O)Nc1ccccc1)Nc1ccc2c(c1)OCCCO2. The second kappa shape index (κ2) is 8.75. The number of para-hydroxylation sites is 1. The van der Waals surface area contributed by atoms with Gasteiger partial charge in [-0.3, -0.25) is 9.79 Å². The van der Waals surface area contributed by atoms with E-state index in [-0.39, 0.29) is 12.5 Å². The third kappa shape index (κ3) is 4.89. The molecule has 136 valence electrons. The van der Waals surface area contributed by atoms with E-state index < -0.39 is 0 Å². The predicted octanol–water partition coefficient (Wildman–Crippen LogP) is 2.47. The lowest BCUT2D eigenvalue weighted by atomic mass is 10.3. The standard InChI is InChI=1S/C19H22N4O3/c1-20-19(21-13-18(24)22-14-6-3-2-4-7-14)23-15-8-9-16-17(12-15)26-11-5-10-25-16/h2-4,6-9,12H,5,10-11,13H2,1H3,(H,22,24)(H2,20,21,23). The first-order valence-corrected chi connectivity index (χ1v) is 8.47. The van der Waals surface area contributed by atoms with Crippen molar-refractivity contribution >= 4 is 23.2 Å². The molecule has 0 unspecified atom stereocenters. The second-order valence-corrected chi connectivity index (χ2v) is 5.68. The molecule has 26 heavy (non-hydrogen) atoms. The van der Waals surface area contributed by atoms with Crippen LogP contribution in [-0.4, -0.2) is 38.7 Å². The smallest absolute Gasteiger partial charge is 0.243 e. The van der Waals surface area contributed by atoms with E-state index >= 15 is 0 Å². The first kappa shape index (κ1) is 17.6. The summed E-state index contributed by atoms with van der Waals surface area (Å²) >= 11 is 0. The maximum Gasteiger partial charge on any atom is 0.243 e. The maximum absolute atomic E-state index is 12.0. The fourth-order valence-corrected chi connectivity index (χ4v) is 2.45. The molecule has 3 N–H and O–H groups in total. The van der Waals surface area contributed by atoms with E-state index in [4.69, 9.17) is 9.47 Å². The van der Waals surface area contributed by atoms with Crippen LogP contribution in [0.15, 0.2) is 53.5 Å². The van der Waals surface area contributed by atoms with Gasteiger partial charge in [-0.05, 0) is 24.3 Å². The molecule has 7 heteroatoms. The van der Waals surface area contributed by atoms with Crippen molar-refractivity contribution < 1.29 is 14.3 Å². The molecule has 0 radical (unpaired) electrons. The Kier molecular flexibility index (Phi) is 5.92. The minimum atomic E-state index is -0.155. The van der Waals surface area contributed by atoms with Crippen molar-refractivity contribution in [3.8, 4) is 11.5 Å². The third-order valence-corrected chi connectivity index (χ3v) is 3.71. The molecule has 1 heterocycles. The van der Waals surface area contributed by atoms with Crippen molar-refractivity contribution in [2.24, 2.45) is 4.99 Å². The highest BCUT2D eigenvalue weighted by Crippen LogP contribution is 2.32. The molecule has 0 aromatic heterocycles. The van der Waals surface area contributed by atoms with Gasteiger partial charge in [-0.15, -0.1) is 0 Å². The van der Waals surface area contributed by atoms with Crippen LogP contribution in [0, 0.1) is 0 Å². The van der Waals surface area contributed by atoms with Crippen LogP contribution in [-0.2, 0) is 4.79 Å². The van der Waals surface area contributed by atoms with E-state index in [0.717, 1.165) is 23.5 Å². The Balaban J connectivity index is 1.55. The number of nitrogens with one attached hydrogen (secondary N) is 3. The van der Waals surface area contributed by atoms with Crippen LogP contribution >= 0.6 is 0 Å². The predicted molar refractivity (Wildman–Crippen MR) is 102 cm³/mol. The van der Waals surface area contributed by atoms with Gasteiger partial charge in [0.25, 0.3) is 0 Å². The minimum Gasteiger partial charge on any atom is -0.490 e. The molecule has 0 aliphatic carbocycles. The maximum atomic E-state index is 12.0. The highest BCUT2D eigenvalue weighted by Gasteiger charge is 2.11. The number of fused-ring (bicyclic) bond motifs is 1. The van der Waals surface area contributed by atoms with Crippen LogP contribution in [0.2, 0.25) is 0 Å². The molecular weight excluding hydrogens is 332 g/mol. The summed E-state index contributed by atoms with van der Waals surface area (Å²) in [7, 11) is 1.65. The van der Waals surface area contributed by atoms with Gasteiger partial charge in [-0.2, -0.15) is 0 Å². The summed E-state index contributed by atoms with van der Waals surface area (Å²) in [6.45, 7) is 1.38. The van der Waals surface area contributed by atoms with E-state index in [1.54, 1.807) is 7.05 Å². The van der Waals surface area contributed by atoms with Crippen LogP contribution in [0.3, 0.4) is 0 Å². The normalized spacial score (nSPS) is 13.5. The van der Waals surface area contributed by atoms with Crippen molar-refractivity contribution in [3.05, 3.63) is 48.5 Å². The zero-order valence-electron chi connectivity index (χ0n) is 14.6. The third-order valence-electron chi connectivity index (χ3n) is 3.71. The number of rotatable bonds is 4.